The predicted molar refractivity (Wildman–Crippen MR) is 93.7 cm³/mol. The van der Waals surface area contributed by atoms with Gasteiger partial charge in [0.2, 0.25) is 0 Å². The first-order valence-electron chi connectivity index (χ1n) is 8.27. The molecule has 2 aromatic rings. The van der Waals surface area contributed by atoms with Crippen molar-refractivity contribution in [3.63, 3.8) is 0 Å². The molecule has 1 fully saturated rings. The van der Waals surface area contributed by atoms with Crippen LogP contribution in [0.2, 0.25) is 0 Å². The van der Waals surface area contributed by atoms with Crippen molar-refractivity contribution in [1.82, 2.24) is 20.4 Å². The number of hydrogen-bond acceptors (Lipinski definition) is 3. The molecule has 2 heterocycles. The Morgan fingerprint density at radius 3 is 2.70 bits per heavy atom. The Bertz CT molecular complexity index is 787. The first-order valence-corrected chi connectivity index (χ1v) is 8.27. The largest absolute Gasteiger partial charge is 0.434 e. The zero-order valence-electron chi connectivity index (χ0n) is 14.2. The summed E-state index contributed by atoms with van der Waals surface area (Å²) in [6.45, 7) is 1.88. The van der Waals surface area contributed by atoms with Gasteiger partial charge in [0.05, 0.1) is 11.8 Å². The van der Waals surface area contributed by atoms with Crippen molar-refractivity contribution in [3.05, 3.63) is 47.5 Å². The van der Waals surface area contributed by atoms with E-state index in [1.807, 2.05) is 0 Å². The van der Waals surface area contributed by atoms with Crippen LogP contribution < -0.4 is 10.6 Å². The van der Waals surface area contributed by atoms with Gasteiger partial charge in [-0.25, -0.2) is 9.07 Å². The lowest BCUT2D eigenvalue weighted by Crippen LogP contribution is -2.38. The van der Waals surface area contributed by atoms with Crippen LogP contribution >= 0.6 is 12.4 Å². The number of nitrogens with zero attached hydrogens (tertiary/aromatic N) is 2. The molecule has 148 valence electrons. The molecule has 1 aromatic heterocycles. The molecule has 1 aliphatic heterocycles. The normalized spacial score (nSPS) is 17.3. The van der Waals surface area contributed by atoms with E-state index in [4.69, 9.17) is 0 Å². The van der Waals surface area contributed by atoms with Crippen LogP contribution in [0.25, 0.3) is 5.69 Å². The van der Waals surface area contributed by atoms with E-state index >= 15 is 0 Å². The number of nitrogens with one attached hydrogen (secondary N) is 2. The standard InChI is InChI=1S/C17H18F4N4O.ClH/c18-13-5-1-2-6-14(13)25-15(17(19,20)21)12(10-24-25)16(26)23-9-11-4-3-7-22-8-11;/h1-2,5-6,10-11,22H,3-4,7-9H2,(H,23,26);1H. The van der Waals surface area contributed by atoms with Gasteiger partial charge < -0.3 is 10.6 Å². The van der Waals surface area contributed by atoms with Crippen LogP contribution in [-0.2, 0) is 6.18 Å². The fourth-order valence-corrected chi connectivity index (χ4v) is 3.02. The summed E-state index contributed by atoms with van der Waals surface area (Å²) in [5.41, 5.74) is -2.28. The Kier molecular flexibility index (Phi) is 6.83. The van der Waals surface area contributed by atoms with E-state index in [-0.39, 0.29) is 30.6 Å². The molecular weight excluding hydrogens is 388 g/mol. The number of halogens is 5. The maximum absolute atomic E-state index is 13.9. The highest BCUT2D eigenvalue weighted by Gasteiger charge is 2.41. The molecule has 1 saturated heterocycles. The summed E-state index contributed by atoms with van der Waals surface area (Å²) in [5.74, 6) is -1.56. The van der Waals surface area contributed by atoms with Crippen molar-refractivity contribution < 1.29 is 22.4 Å². The molecule has 1 atom stereocenters. The summed E-state index contributed by atoms with van der Waals surface area (Å²) in [7, 11) is 0. The van der Waals surface area contributed by atoms with E-state index in [2.05, 4.69) is 15.7 Å². The minimum absolute atomic E-state index is 0. The average molecular weight is 407 g/mol. The molecule has 0 aliphatic carbocycles. The number of carbonyl (C=O) groups excluding carboxylic acids is 1. The van der Waals surface area contributed by atoms with Crippen molar-refractivity contribution in [2.24, 2.45) is 5.92 Å². The van der Waals surface area contributed by atoms with E-state index in [1.165, 1.54) is 18.2 Å². The molecule has 0 spiro atoms. The fourth-order valence-electron chi connectivity index (χ4n) is 3.02. The zero-order chi connectivity index (χ0) is 18.7. The minimum atomic E-state index is -4.86. The Balaban J connectivity index is 0.00000261. The highest BCUT2D eigenvalue weighted by atomic mass is 35.5. The molecule has 1 aromatic carbocycles. The van der Waals surface area contributed by atoms with Crippen LogP contribution in [0.15, 0.2) is 30.5 Å². The van der Waals surface area contributed by atoms with Gasteiger partial charge in [-0.05, 0) is 44.0 Å². The lowest BCUT2D eigenvalue weighted by molar-refractivity contribution is -0.143. The maximum atomic E-state index is 13.9. The smallest absolute Gasteiger partial charge is 0.352 e. The molecule has 1 unspecified atom stereocenters. The summed E-state index contributed by atoms with van der Waals surface area (Å²) in [5, 5.41) is 9.32. The average Bonchev–Trinajstić information content (AvgIpc) is 3.06. The second-order valence-electron chi connectivity index (χ2n) is 6.19. The van der Waals surface area contributed by atoms with Gasteiger partial charge in [0.1, 0.15) is 11.5 Å². The highest BCUT2D eigenvalue weighted by Crippen LogP contribution is 2.34. The van der Waals surface area contributed by atoms with Gasteiger partial charge in [-0.15, -0.1) is 12.4 Å². The molecule has 1 amide bonds. The first kappa shape index (κ1) is 21.2. The van der Waals surface area contributed by atoms with Crippen molar-refractivity contribution in [3.8, 4) is 5.69 Å². The summed E-state index contributed by atoms with van der Waals surface area (Å²) in [6, 6.07) is 4.97. The number of rotatable bonds is 4. The van der Waals surface area contributed by atoms with Crippen molar-refractivity contribution in [2.75, 3.05) is 19.6 Å². The van der Waals surface area contributed by atoms with E-state index in [9.17, 15) is 22.4 Å². The van der Waals surface area contributed by atoms with Gasteiger partial charge in [0.15, 0.2) is 5.69 Å². The maximum Gasteiger partial charge on any atom is 0.434 e. The van der Waals surface area contributed by atoms with Crippen molar-refractivity contribution in [1.29, 1.82) is 0 Å². The topological polar surface area (TPSA) is 59.0 Å². The van der Waals surface area contributed by atoms with Crippen LogP contribution in [0.5, 0.6) is 0 Å². The van der Waals surface area contributed by atoms with Crippen LogP contribution in [0, 0.1) is 11.7 Å². The SMILES string of the molecule is Cl.O=C(NCC1CCCNC1)c1cnn(-c2ccccc2F)c1C(F)(F)F. The summed E-state index contributed by atoms with van der Waals surface area (Å²) < 4.78 is 55.0. The van der Waals surface area contributed by atoms with Crippen LogP contribution in [0.3, 0.4) is 0 Å². The molecule has 5 nitrogen and oxygen atoms in total. The molecular formula is C17H19ClF4N4O. The Morgan fingerprint density at radius 2 is 2.07 bits per heavy atom. The Labute approximate surface area is 159 Å². The van der Waals surface area contributed by atoms with Gasteiger partial charge in [-0.1, -0.05) is 12.1 Å². The van der Waals surface area contributed by atoms with Crippen LogP contribution in [0.4, 0.5) is 17.6 Å². The van der Waals surface area contributed by atoms with E-state index < -0.39 is 29.2 Å². The third-order valence-corrected chi connectivity index (χ3v) is 4.31. The number of piperidine rings is 1. The number of aromatic nitrogens is 2. The molecule has 2 N–H and O–H groups in total. The van der Waals surface area contributed by atoms with Gasteiger partial charge in [-0.3, -0.25) is 4.79 Å². The van der Waals surface area contributed by atoms with Gasteiger partial charge in [-0.2, -0.15) is 18.3 Å². The second kappa shape index (κ2) is 8.71. The molecule has 0 saturated carbocycles. The molecule has 3 rings (SSSR count). The lowest BCUT2D eigenvalue weighted by atomic mass is 9.99. The van der Waals surface area contributed by atoms with Gasteiger partial charge in [0, 0.05) is 6.54 Å². The third kappa shape index (κ3) is 4.78. The molecule has 0 bridgehead atoms. The first-order chi connectivity index (χ1) is 12.4. The predicted octanol–water partition coefficient (Wildman–Crippen LogP) is 3.18. The van der Waals surface area contributed by atoms with E-state index in [1.54, 1.807) is 0 Å². The second-order valence-corrected chi connectivity index (χ2v) is 6.19. The summed E-state index contributed by atoms with van der Waals surface area (Å²) >= 11 is 0. The van der Waals surface area contributed by atoms with Crippen molar-refractivity contribution >= 4 is 18.3 Å². The number of amides is 1. The quantitative estimate of drug-likeness (QED) is 0.767. The highest BCUT2D eigenvalue weighted by molar-refractivity contribution is 5.95. The van der Waals surface area contributed by atoms with E-state index in [0.29, 0.717) is 11.2 Å². The monoisotopic (exact) mass is 406 g/mol. The fraction of sp³-hybridized carbons (Fsp3) is 0.412. The Hall–Kier alpha value is -2.13. The number of hydrogen-bond donors (Lipinski definition) is 2. The molecule has 10 heteroatoms. The molecule has 0 radical (unpaired) electrons. The number of benzene rings is 1. The van der Waals surface area contributed by atoms with Crippen LogP contribution in [0.1, 0.15) is 28.9 Å². The van der Waals surface area contributed by atoms with Crippen molar-refractivity contribution in [2.45, 2.75) is 19.0 Å². The molecule has 1 aliphatic rings. The third-order valence-electron chi connectivity index (χ3n) is 4.31. The lowest BCUT2D eigenvalue weighted by Gasteiger charge is -2.22. The Morgan fingerprint density at radius 1 is 1.33 bits per heavy atom. The molecule has 27 heavy (non-hydrogen) atoms. The van der Waals surface area contributed by atoms with Gasteiger partial charge >= 0.3 is 6.18 Å². The number of para-hydroxylation sites is 1. The summed E-state index contributed by atoms with van der Waals surface area (Å²) in [6.07, 6.45) is -2.19. The number of carbonyl (C=O) groups is 1. The number of alkyl halides is 3. The minimum Gasteiger partial charge on any atom is -0.352 e. The van der Waals surface area contributed by atoms with E-state index in [0.717, 1.165) is 31.6 Å². The zero-order valence-corrected chi connectivity index (χ0v) is 15.0. The van der Waals surface area contributed by atoms with Crippen LogP contribution in [-0.4, -0.2) is 35.3 Å². The van der Waals surface area contributed by atoms with Gasteiger partial charge in [0.25, 0.3) is 5.91 Å². The summed E-state index contributed by atoms with van der Waals surface area (Å²) in [4.78, 5) is 12.3.